The Kier molecular flexibility index (Phi) is 3.96. The Hall–Kier alpha value is -2.95. The molecule has 0 spiro atoms. The third-order valence-corrected chi connectivity index (χ3v) is 3.11. The standard InChI is InChI=1S/C17H13FN2O2/c18-14-8-4-7-13-15(9-10-19-17(13)14)20-16(21)11-22-12-5-2-1-3-6-12/h1-10H,11H2,(H,19,20,21). The molecule has 3 aromatic rings. The Morgan fingerprint density at radius 3 is 2.73 bits per heavy atom. The highest BCUT2D eigenvalue weighted by Crippen LogP contribution is 2.23. The van der Waals surface area contributed by atoms with Crippen molar-refractivity contribution in [3.05, 3.63) is 66.6 Å². The number of anilines is 1. The normalized spacial score (nSPS) is 10.4. The van der Waals surface area contributed by atoms with Crippen LogP contribution in [0.5, 0.6) is 5.75 Å². The number of amides is 1. The van der Waals surface area contributed by atoms with Crippen molar-refractivity contribution in [3.8, 4) is 5.75 Å². The predicted molar refractivity (Wildman–Crippen MR) is 82.3 cm³/mol. The average molecular weight is 296 g/mol. The molecular formula is C17H13FN2O2. The summed E-state index contributed by atoms with van der Waals surface area (Å²) in [4.78, 5) is 15.9. The molecule has 1 N–H and O–H groups in total. The van der Waals surface area contributed by atoms with Crippen LogP contribution in [0.15, 0.2) is 60.8 Å². The van der Waals surface area contributed by atoms with Crippen LogP contribution in [0.2, 0.25) is 0 Å². The van der Waals surface area contributed by atoms with E-state index in [1.165, 1.54) is 12.3 Å². The number of hydrogen-bond donors (Lipinski definition) is 1. The molecule has 1 heterocycles. The molecule has 22 heavy (non-hydrogen) atoms. The number of nitrogens with zero attached hydrogens (tertiary/aromatic N) is 1. The number of fused-ring (bicyclic) bond motifs is 1. The summed E-state index contributed by atoms with van der Waals surface area (Å²) in [5, 5.41) is 3.26. The van der Waals surface area contributed by atoms with Gasteiger partial charge in [-0.3, -0.25) is 9.78 Å². The lowest BCUT2D eigenvalue weighted by atomic mass is 10.2. The van der Waals surface area contributed by atoms with E-state index in [2.05, 4.69) is 10.3 Å². The first-order chi connectivity index (χ1) is 10.7. The van der Waals surface area contributed by atoms with Crippen LogP contribution in [0.3, 0.4) is 0 Å². The Labute approximate surface area is 126 Å². The van der Waals surface area contributed by atoms with Crippen molar-refractivity contribution >= 4 is 22.5 Å². The van der Waals surface area contributed by atoms with E-state index >= 15 is 0 Å². The highest BCUT2D eigenvalue weighted by atomic mass is 19.1. The van der Waals surface area contributed by atoms with E-state index in [1.807, 2.05) is 18.2 Å². The minimum absolute atomic E-state index is 0.122. The van der Waals surface area contributed by atoms with Crippen molar-refractivity contribution in [2.45, 2.75) is 0 Å². The van der Waals surface area contributed by atoms with Crippen LogP contribution in [0.25, 0.3) is 10.9 Å². The Morgan fingerprint density at radius 2 is 1.91 bits per heavy atom. The molecule has 1 aromatic heterocycles. The third-order valence-electron chi connectivity index (χ3n) is 3.11. The lowest BCUT2D eigenvalue weighted by molar-refractivity contribution is -0.118. The van der Waals surface area contributed by atoms with Crippen LogP contribution in [-0.2, 0) is 4.79 Å². The molecule has 0 saturated heterocycles. The maximum atomic E-state index is 13.7. The summed E-state index contributed by atoms with van der Waals surface area (Å²) in [6.07, 6.45) is 1.46. The smallest absolute Gasteiger partial charge is 0.262 e. The van der Waals surface area contributed by atoms with Gasteiger partial charge in [0.1, 0.15) is 17.1 Å². The maximum Gasteiger partial charge on any atom is 0.262 e. The summed E-state index contributed by atoms with van der Waals surface area (Å²) in [5.41, 5.74) is 0.732. The van der Waals surface area contributed by atoms with Gasteiger partial charge in [-0.25, -0.2) is 4.39 Å². The quantitative estimate of drug-likeness (QED) is 0.803. The number of pyridine rings is 1. The van der Waals surface area contributed by atoms with E-state index in [0.717, 1.165) is 0 Å². The fourth-order valence-corrected chi connectivity index (χ4v) is 2.10. The molecule has 0 aliphatic rings. The molecule has 0 fully saturated rings. The summed E-state index contributed by atoms with van der Waals surface area (Å²) in [6.45, 7) is -0.122. The molecule has 3 rings (SSSR count). The number of carbonyl (C=O) groups is 1. The second kappa shape index (κ2) is 6.22. The van der Waals surface area contributed by atoms with Crippen LogP contribution in [0.4, 0.5) is 10.1 Å². The van der Waals surface area contributed by atoms with Crippen molar-refractivity contribution in [2.75, 3.05) is 11.9 Å². The van der Waals surface area contributed by atoms with Crippen LogP contribution >= 0.6 is 0 Å². The number of benzene rings is 2. The van der Waals surface area contributed by atoms with Gasteiger partial charge in [-0.15, -0.1) is 0 Å². The second-order valence-electron chi connectivity index (χ2n) is 4.64. The first kappa shape index (κ1) is 14.0. The van der Waals surface area contributed by atoms with Crippen molar-refractivity contribution in [1.82, 2.24) is 4.98 Å². The number of para-hydroxylation sites is 2. The van der Waals surface area contributed by atoms with Crippen molar-refractivity contribution < 1.29 is 13.9 Å². The fraction of sp³-hybridized carbons (Fsp3) is 0.0588. The number of hydrogen-bond acceptors (Lipinski definition) is 3. The van der Waals surface area contributed by atoms with E-state index in [-0.39, 0.29) is 18.0 Å². The molecule has 2 aromatic carbocycles. The topological polar surface area (TPSA) is 51.2 Å². The summed E-state index contributed by atoms with van der Waals surface area (Å²) >= 11 is 0. The number of halogens is 1. The monoisotopic (exact) mass is 296 g/mol. The second-order valence-corrected chi connectivity index (χ2v) is 4.64. The Bertz CT molecular complexity index is 806. The van der Waals surface area contributed by atoms with E-state index in [9.17, 15) is 9.18 Å². The van der Waals surface area contributed by atoms with Crippen LogP contribution in [0, 0.1) is 5.82 Å². The van der Waals surface area contributed by atoms with Gasteiger partial charge in [-0.05, 0) is 24.3 Å². The van der Waals surface area contributed by atoms with Gasteiger partial charge in [0, 0.05) is 11.6 Å². The number of ether oxygens (including phenoxy) is 1. The van der Waals surface area contributed by atoms with E-state index in [1.54, 1.807) is 30.3 Å². The zero-order valence-corrected chi connectivity index (χ0v) is 11.6. The molecule has 1 amide bonds. The van der Waals surface area contributed by atoms with Gasteiger partial charge in [0.2, 0.25) is 0 Å². The average Bonchev–Trinajstić information content (AvgIpc) is 2.55. The Morgan fingerprint density at radius 1 is 1.09 bits per heavy atom. The largest absolute Gasteiger partial charge is 0.484 e. The lowest BCUT2D eigenvalue weighted by Crippen LogP contribution is -2.20. The molecule has 0 saturated carbocycles. The van der Waals surface area contributed by atoms with Gasteiger partial charge in [-0.2, -0.15) is 0 Å². The fourth-order valence-electron chi connectivity index (χ4n) is 2.10. The van der Waals surface area contributed by atoms with Crippen LogP contribution < -0.4 is 10.1 Å². The number of aromatic nitrogens is 1. The van der Waals surface area contributed by atoms with Crippen molar-refractivity contribution in [2.24, 2.45) is 0 Å². The van der Waals surface area contributed by atoms with Gasteiger partial charge in [0.25, 0.3) is 5.91 Å². The SMILES string of the molecule is O=C(COc1ccccc1)Nc1ccnc2c(F)cccc12. The van der Waals surface area contributed by atoms with Gasteiger partial charge in [-0.1, -0.05) is 30.3 Å². The lowest BCUT2D eigenvalue weighted by Gasteiger charge is -2.09. The van der Waals surface area contributed by atoms with Crippen molar-refractivity contribution in [1.29, 1.82) is 0 Å². The molecule has 0 atom stereocenters. The Balaban J connectivity index is 1.73. The molecule has 0 bridgehead atoms. The van der Waals surface area contributed by atoms with E-state index in [4.69, 9.17) is 4.74 Å². The summed E-state index contributed by atoms with van der Waals surface area (Å²) in [5.74, 6) is -0.127. The van der Waals surface area contributed by atoms with Crippen LogP contribution in [0.1, 0.15) is 0 Å². The van der Waals surface area contributed by atoms with Gasteiger partial charge in [0.05, 0.1) is 5.69 Å². The van der Waals surface area contributed by atoms with Crippen LogP contribution in [-0.4, -0.2) is 17.5 Å². The zero-order valence-electron chi connectivity index (χ0n) is 11.6. The first-order valence-electron chi connectivity index (χ1n) is 6.75. The van der Waals surface area contributed by atoms with E-state index < -0.39 is 5.82 Å². The van der Waals surface area contributed by atoms with Gasteiger partial charge in [0.15, 0.2) is 6.61 Å². The first-order valence-corrected chi connectivity index (χ1v) is 6.75. The van der Waals surface area contributed by atoms with Gasteiger partial charge < -0.3 is 10.1 Å². The minimum Gasteiger partial charge on any atom is -0.484 e. The predicted octanol–water partition coefficient (Wildman–Crippen LogP) is 3.39. The molecular weight excluding hydrogens is 283 g/mol. The summed E-state index contributed by atoms with van der Waals surface area (Å²) in [7, 11) is 0. The molecule has 110 valence electrons. The molecule has 4 nitrogen and oxygen atoms in total. The summed E-state index contributed by atoms with van der Waals surface area (Å²) in [6, 6.07) is 15.3. The maximum absolute atomic E-state index is 13.7. The number of carbonyl (C=O) groups excluding carboxylic acids is 1. The molecule has 0 aliphatic carbocycles. The minimum atomic E-state index is -0.422. The summed E-state index contributed by atoms with van der Waals surface area (Å²) < 4.78 is 19.0. The molecule has 0 aliphatic heterocycles. The molecule has 0 unspecified atom stereocenters. The number of rotatable bonds is 4. The molecule has 5 heteroatoms. The van der Waals surface area contributed by atoms with E-state index in [0.29, 0.717) is 16.8 Å². The number of nitrogens with one attached hydrogen (secondary N) is 1. The highest BCUT2D eigenvalue weighted by molar-refractivity contribution is 6.01. The highest BCUT2D eigenvalue weighted by Gasteiger charge is 2.09. The van der Waals surface area contributed by atoms with Crippen molar-refractivity contribution in [3.63, 3.8) is 0 Å². The molecule has 0 radical (unpaired) electrons. The zero-order chi connectivity index (χ0) is 15.4. The third kappa shape index (κ3) is 3.03. The van der Waals surface area contributed by atoms with Gasteiger partial charge >= 0.3 is 0 Å².